The number of methoxy groups -OCH3 is 1. The summed E-state index contributed by atoms with van der Waals surface area (Å²) in [5.41, 5.74) is 1.09. The van der Waals surface area contributed by atoms with Gasteiger partial charge in [0, 0.05) is 25.5 Å². The van der Waals surface area contributed by atoms with Gasteiger partial charge in [0.2, 0.25) is 5.13 Å². The molecule has 7 nitrogen and oxygen atoms in total. The van der Waals surface area contributed by atoms with Gasteiger partial charge in [-0.25, -0.2) is 4.79 Å². The van der Waals surface area contributed by atoms with E-state index in [1.54, 1.807) is 7.11 Å². The van der Waals surface area contributed by atoms with Gasteiger partial charge in [0.15, 0.2) is 0 Å². The van der Waals surface area contributed by atoms with Gasteiger partial charge in [0.25, 0.3) is 0 Å². The number of benzene rings is 1. The molecule has 0 radical (unpaired) electrons. The Bertz CT molecular complexity index is 685. The van der Waals surface area contributed by atoms with Gasteiger partial charge in [-0.2, -0.15) is 0 Å². The van der Waals surface area contributed by atoms with Gasteiger partial charge in [-0.1, -0.05) is 23.5 Å². The third-order valence-electron chi connectivity index (χ3n) is 3.75. The van der Waals surface area contributed by atoms with E-state index in [1.165, 1.54) is 11.3 Å². The minimum atomic E-state index is -0.258. The van der Waals surface area contributed by atoms with Crippen LogP contribution in [0.25, 0.3) is 0 Å². The molecule has 8 heteroatoms. The van der Waals surface area contributed by atoms with Crippen molar-refractivity contribution >= 4 is 22.5 Å². The number of urea groups is 1. The van der Waals surface area contributed by atoms with Crippen molar-refractivity contribution in [2.75, 3.05) is 32.2 Å². The minimum absolute atomic E-state index is 0.258. The molecule has 1 aromatic heterocycles. The lowest BCUT2D eigenvalue weighted by Crippen LogP contribution is -2.33. The lowest BCUT2D eigenvalue weighted by atomic mass is 10.1. The minimum Gasteiger partial charge on any atom is -0.497 e. The first-order valence-corrected chi connectivity index (χ1v) is 8.62. The first-order valence-electron chi connectivity index (χ1n) is 7.81. The Hall–Kier alpha value is -2.19. The van der Waals surface area contributed by atoms with E-state index in [1.807, 2.05) is 24.3 Å². The summed E-state index contributed by atoms with van der Waals surface area (Å²) in [6.45, 7) is 2.10. The summed E-state index contributed by atoms with van der Waals surface area (Å²) >= 11 is 1.37. The number of amides is 2. The predicted molar refractivity (Wildman–Crippen MR) is 91.7 cm³/mol. The monoisotopic (exact) mass is 348 g/mol. The number of nitrogens with one attached hydrogen (secondary N) is 2. The number of aromatic nitrogens is 2. The van der Waals surface area contributed by atoms with Crippen molar-refractivity contribution < 1.29 is 14.3 Å². The van der Waals surface area contributed by atoms with Crippen LogP contribution in [0.4, 0.5) is 9.93 Å². The van der Waals surface area contributed by atoms with Gasteiger partial charge in [-0.15, -0.1) is 10.2 Å². The molecule has 1 saturated heterocycles. The molecule has 2 N–H and O–H groups in total. The molecule has 0 unspecified atom stereocenters. The Morgan fingerprint density at radius 1 is 1.46 bits per heavy atom. The molecular weight excluding hydrogens is 328 g/mol. The van der Waals surface area contributed by atoms with E-state index < -0.39 is 0 Å². The molecule has 1 aliphatic rings. The highest BCUT2D eigenvalue weighted by Crippen LogP contribution is 2.21. The van der Waals surface area contributed by atoms with Crippen LogP contribution >= 0.6 is 11.3 Å². The molecule has 0 bridgehead atoms. The van der Waals surface area contributed by atoms with Crippen LogP contribution in [0.2, 0.25) is 0 Å². The number of nitrogens with zero attached hydrogens (tertiary/aromatic N) is 2. The predicted octanol–water partition coefficient (Wildman–Crippen LogP) is 2.30. The van der Waals surface area contributed by atoms with Crippen molar-refractivity contribution in [1.82, 2.24) is 15.5 Å². The topological polar surface area (TPSA) is 85.4 Å². The van der Waals surface area contributed by atoms with Gasteiger partial charge in [-0.05, 0) is 24.1 Å². The van der Waals surface area contributed by atoms with Crippen LogP contribution in [0.1, 0.15) is 17.0 Å². The normalized spacial score (nSPS) is 16.8. The van der Waals surface area contributed by atoms with Crippen LogP contribution in [-0.4, -0.2) is 43.1 Å². The van der Waals surface area contributed by atoms with Crippen molar-refractivity contribution in [3.63, 3.8) is 0 Å². The number of ether oxygens (including phenoxy) is 2. The molecule has 128 valence electrons. The molecule has 0 saturated carbocycles. The quantitative estimate of drug-likeness (QED) is 0.837. The van der Waals surface area contributed by atoms with Crippen LogP contribution in [0.5, 0.6) is 5.75 Å². The summed E-state index contributed by atoms with van der Waals surface area (Å²) in [5, 5.41) is 15.0. The Morgan fingerprint density at radius 3 is 3.17 bits per heavy atom. The first-order chi connectivity index (χ1) is 11.7. The molecule has 0 spiro atoms. The third-order valence-corrected chi connectivity index (χ3v) is 4.59. The standard InChI is InChI=1S/C16H20N4O3S/c1-22-13-4-2-3-11(7-13)8-14-19-20-16(24-14)18-15(21)17-9-12-5-6-23-10-12/h2-4,7,12H,5-6,8-10H2,1H3,(H2,17,18,20,21)/t12-/m1/s1. The zero-order chi connectivity index (χ0) is 16.8. The van der Waals surface area contributed by atoms with Crippen LogP contribution < -0.4 is 15.4 Å². The Morgan fingerprint density at radius 2 is 2.38 bits per heavy atom. The summed E-state index contributed by atoms with van der Waals surface area (Å²) in [6.07, 6.45) is 1.64. The average Bonchev–Trinajstić information content (AvgIpc) is 3.25. The maximum absolute atomic E-state index is 11.9. The zero-order valence-electron chi connectivity index (χ0n) is 13.4. The van der Waals surface area contributed by atoms with Gasteiger partial charge >= 0.3 is 6.03 Å². The van der Waals surface area contributed by atoms with Crippen molar-refractivity contribution in [2.45, 2.75) is 12.8 Å². The van der Waals surface area contributed by atoms with E-state index in [0.717, 1.165) is 29.3 Å². The number of anilines is 1. The smallest absolute Gasteiger partial charge is 0.321 e. The second-order valence-electron chi connectivity index (χ2n) is 5.59. The maximum Gasteiger partial charge on any atom is 0.321 e. The van der Waals surface area contributed by atoms with Gasteiger partial charge in [0.05, 0.1) is 13.7 Å². The van der Waals surface area contributed by atoms with Crippen LogP contribution in [0.3, 0.4) is 0 Å². The molecule has 2 aromatic rings. The van der Waals surface area contributed by atoms with Crippen LogP contribution in [0, 0.1) is 5.92 Å². The SMILES string of the molecule is COc1cccc(Cc2nnc(NC(=O)NC[C@H]3CCOC3)s2)c1. The van der Waals surface area contributed by atoms with E-state index >= 15 is 0 Å². The van der Waals surface area contributed by atoms with Gasteiger partial charge < -0.3 is 14.8 Å². The summed E-state index contributed by atoms with van der Waals surface area (Å²) < 4.78 is 10.5. The molecule has 0 aliphatic carbocycles. The highest BCUT2D eigenvalue weighted by Gasteiger charge is 2.16. The summed E-state index contributed by atoms with van der Waals surface area (Å²) in [4.78, 5) is 11.9. The van der Waals surface area contributed by atoms with E-state index in [4.69, 9.17) is 9.47 Å². The Kier molecular flexibility index (Phi) is 5.60. The van der Waals surface area contributed by atoms with Gasteiger partial charge in [0.1, 0.15) is 10.8 Å². The summed E-state index contributed by atoms with van der Waals surface area (Å²) in [6, 6.07) is 7.55. The fraction of sp³-hybridized carbons (Fsp3) is 0.438. The second-order valence-corrected chi connectivity index (χ2v) is 6.66. The molecule has 1 aliphatic heterocycles. The van der Waals surface area contributed by atoms with Crippen LogP contribution in [-0.2, 0) is 11.2 Å². The van der Waals surface area contributed by atoms with Crippen molar-refractivity contribution in [1.29, 1.82) is 0 Å². The number of rotatable bonds is 6. The number of hydrogen-bond acceptors (Lipinski definition) is 6. The van der Waals surface area contributed by atoms with E-state index in [2.05, 4.69) is 20.8 Å². The highest BCUT2D eigenvalue weighted by molar-refractivity contribution is 7.15. The maximum atomic E-state index is 11.9. The first kappa shape index (κ1) is 16.7. The number of carbonyl (C=O) groups is 1. The Labute approximate surface area is 144 Å². The van der Waals surface area contributed by atoms with Gasteiger partial charge in [-0.3, -0.25) is 5.32 Å². The van der Waals surface area contributed by atoms with Crippen molar-refractivity contribution in [3.05, 3.63) is 34.8 Å². The Balaban J connectivity index is 1.50. The lowest BCUT2D eigenvalue weighted by Gasteiger charge is -2.08. The largest absolute Gasteiger partial charge is 0.497 e. The fourth-order valence-corrected chi connectivity index (χ4v) is 3.22. The molecule has 1 aromatic carbocycles. The van der Waals surface area contributed by atoms with Crippen molar-refractivity contribution in [3.8, 4) is 5.75 Å². The lowest BCUT2D eigenvalue weighted by molar-refractivity contribution is 0.185. The molecule has 2 amide bonds. The fourth-order valence-electron chi connectivity index (χ4n) is 2.46. The summed E-state index contributed by atoms with van der Waals surface area (Å²) in [7, 11) is 1.64. The van der Waals surface area contributed by atoms with E-state index in [0.29, 0.717) is 30.6 Å². The number of hydrogen-bond donors (Lipinski definition) is 2. The average molecular weight is 348 g/mol. The van der Waals surface area contributed by atoms with Crippen LogP contribution in [0.15, 0.2) is 24.3 Å². The molecule has 2 heterocycles. The molecule has 1 fully saturated rings. The summed E-state index contributed by atoms with van der Waals surface area (Å²) in [5.74, 6) is 1.21. The van der Waals surface area contributed by atoms with E-state index in [-0.39, 0.29) is 6.03 Å². The van der Waals surface area contributed by atoms with E-state index in [9.17, 15) is 4.79 Å². The third kappa shape index (κ3) is 4.65. The molecular formula is C16H20N4O3S. The highest BCUT2D eigenvalue weighted by atomic mass is 32.1. The number of carbonyl (C=O) groups excluding carboxylic acids is 1. The zero-order valence-corrected chi connectivity index (χ0v) is 14.3. The molecule has 24 heavy (non-hydrogen) atoms. The van der Waals surface area contributed by atoms with Crippen molar-refractivity contribution in [2.24, 2.45) is 5.92 Å². The molecule has 3 rings (SSSR count). The molecule has 1 atom stereocenters. The second kappa shape index (κ2) is 8.07.